The molecule has 1 saturated heterocycles. The Morgan fingerprint density at radius 3 is 2.67 bits per heavy atom. The van der Waals surface area contributed by atoms with Gasteiger partial charge >= 0.3 is 0 Å². The number of rotatable bonds is 1. The lowest BCUT2D eigenvalue weighted by molar-refractivity contribution is 0.0658. The molecule has 1 aromatic heterocycles. The highest BCUT2D eigenvalue weighted by Gasteiger charge is 2.39. The zero-order valence-corrected chi connectivity index (χ0v) is 11.8. The molecule has 0 N–H and O–H groups in total. The van der Waals surface area contributed by atoms with E-state index in [9.17, 15) is 4.79 Å². The van der Waals surface area contributed by atoms with Crippen molar-refractivity contribution in [3.63, 3.8) is 0 Å². The summed E-state index contributed by atoms with van der Waals surface area (Å²) in [7, 11) is 0. The van der Waals surface area contributed by atoms with Crippen molar-refractivity contribution in [2.24, 2.45) is 0 Å². The molecule has 0 unspecified atom stereocenters. The monoisotopic (exact) mass is 279 g/mol. The first-order valence-electron chi connectivity index (χ1n) is 7.40. The van der Waals surface area contributed by atoms with Crippen LogP contribution >= 0.6 is 0 Å². The maximum Gasteiger partial charge on any atom is 0.289 e. The Morgan fingerprint density at radius 2 is 1.90 bits per heavy atom. The van der Waals surface area contributed by atoms with E-state index in [-0.39, 0.29) is 11.3 Å². The largest absolute Gasteiger partial charge is 0.459 e. The molecular formula is C18H17NO2. The fraction of sp³-hybridized carbons (Fsp3) is 0.278. The van der Waals surface area contributed by atoms with Crippen molar-refractivity contribution in [2.75, 3.05) is 13.1 Å². The summed E-state index contributed by atoms with van der Waals surface area (Å²) in [5, 5.41) is 0. The number of allylic oxidation sites excluding steroid dienone is 1. The van der Waals surface area contributed by atoms with Crippen molar-refractivity contribution in [1.82, 2.24) is 4.90 Å². The Hall–Kier alpha value is -2.29. The van der Waals surface area contributed by atoms with Crippen LogP contribution in [0.2, 0.25) is 0 Å². The molecule has 1 fully saturated rings. The number of hydrogen-bond acceptors (Lipinski definition) is 2. The number of hydrogen-bond donors (Lipinski definition) is 0. The van der Waals surface area contributed by atoms with Gasteiger partial charge in [0.1, 0.15) is 0 Å². The fourth-order valence-electron chi connectivity index (χ4n) is 3.54. The summed E-state index contributed by atoms with van der Waals surface area (Å²) in [6.45, 7) is 1.55. The molecule has 0 bridgehead atoms. The van der Waals surface area contributed by atoms with Gasteiger partial charge in [-0.2, -0.15) is 0 Å². The predicted molar refractivity (Wildman–Crippen MR) is 81.0 cm³/mol. The molecule has 0 radical (unpaired) electrons. The topological polar surface area (TPSA) is 33.5 Å². The summed E-state index contributed by atoms with van der Waals surface area (Å²) in [5.41, 5.74) is 2.86. The average Bonchev–Trinajstić information content (AvgIpc) is 3.17. The molecule has 1 aliphatic heterocycles. The maximum absolute atomic E-state index is 12.3. The molecule has 1 aromatic carbocycles. The van der Waals surface area contributed by atoms with Crippen LogP contribution in [0.25, 0.3) is 6.08 Å². The first-order chi connectivity index (χ1) is 10.3. The van der Waals surface area contributed by atoms with E-state index in [4.69, 9.17) is 4.42 Å². The third-order valence-corrected chi connectivity index (χ3v) is 4.75. The van der Waals surface area contributed by atoms with Gasteiger partial charge < -0.3 is 9.32 Å². The van der Waals surface area contributed by atoms with Gasteiger partial charge in [0.25, 0.3) is 5.91 Å². The molecule has 0 saturated carbocycles. The summed E-state index contributed by atoms with van der Waals surface area (Å²) >= 11 is 0. The fourth-order valence-corrected chi connectivity index (χ4v) is 3.54. The molecule has 2 aromatic rings. The number of fused-ring (bicyclic) bond motifs is 2. The predicted octanol–water partition coefficient (Wildman–Crippen LogP) is 3.48. The second kappa shape index (κ2) is 4.62. The van der Waals surface area contributed by atoms with Crippen LogP contribution in [-0.2, 0) is 5.41 Å². The number of furan rings is 1. The van der Waals surface area contributed by atoms with Crippen molar-refractivity contribution in [1.29, 1.82) is 0 Å². The zero-order valence-electron chi connectivity index (χ0n) is 11.8. The second-order valence-electron chi connectivity index (χ2n) is 5.85. The highest BCUT2D eigenvalue weighted by atomic mass is 16.3. The molecular weight excluding hydrogens is 262 g/mol. The van der Waals surface area contributed by atoms with Gasteiger partial charge in [-0.25, -0.2) is 0 Å². The van der Waals surface area contributed by atoms with Crippen molar-refractivity contribution in [3.8, 4) is 0 Å². The van der Waals surface area contributed by atoms with Gasteiger partial charge in [-0.3, -0.25) is 4.79 Å². The first kappa shape index (κ1) is 12.5. The summed E-state index contributed by atoms with van der Waals surface area (Å²) in [6, 6.07) is 12.1. The molecule has 1 amide bonds. The van der Waals surface area contributed by atoms with Crippen molar-refractivity contribution < 1.29 is 9.21 Å². The molecule has 3 nitrogen and oxygen atoms in total. The van der Waals surface area contributed by atoms with Crippen LogP contribution < -0.4 is 0 Å². The molecule has 2 heterocycles. The minimum atomic E-state index is 0.00473. The molecule has 21 heavy (non-hydrogen) atoms. The Morgan fingerprint density at radius 1 is 1.10 bits per heavy atom. The number of likely N-dealkylation sites (tertiary alicyclic amines) is 1. The highest BCUT2D eigenvalue weighted by molar-refractivity contribution is 5.91. The minimum absolute atomic E-state index is 0.00473. The smallest absolute Gasteiger partial charge is 0.289 e. The van der Waals surface area contributed by atoms with Crippen LogP contribution in [0.4, 0.5) is 0 Å². The lowest BCUT2D eigenvalue weighted by Crippen LogP contribution is -2.43. The van der Waals surface area contributed by atoms with Gasteiger partial charge in [0.15, 0.2) is 5.76 Å². The molecule has 106 valence electrons. The van der Waals surface area contributed by atoms with E-state index in [1.807, 2.05) is 4.90 Å². The summed E-state index contributed by atoms with van der Waals surface area (Å²) < 4.78 is 5.22. The number of carbonyl (C=O) groups excluding carboxylic acids is 1. The van der Waals surface area contributed by atoms with E-state index < -0.39 is 0 Å². The van der Waals surface area contributed by atoms with E-state index in [0.29, 0.717) is 5.76 Å². The maximum atomic E-state index is 12.3. The zero-order chi connectivity index (χ0) is 14.3. The Balaban J connectivity index is 1.53. The van der Waals surface area contributed by atoms with Crippen molar-refractivity contribution in [2.45, 2.75) is 18.3 Å². The highest BCUT2D eigenvalue weighted by Crippen LogP contribution is 2.43. The van der Waals surface area contributed by atoms with Crippen LogP contribution in [0.3, 0.4) is 0 Å². The quantitative estimate of drug-likeness (QED) is 0.800. The van der Waals surface area contributed by atoms with Crippen LogP contribution in [0, 0.1) is 0 Å². The third-order valence-electron chi connectivity index (χ3n) is 4.75. The lowest BCUT2D eigenvalue weighted by atomic mass is 9.74. The Labute approximate surface area is 123 Å². The van der Waals surface area contributed by atoms with Gasteiger partial charge in [-0.05, 0) is 36.1 Å². The first-order valence-corrected chi connectivity index (χ1v) is 7.40. The van der Waals surface area contributed by atoms with Crippen LogP contribution in [0.15, 0.2) is 53.2 Å². The SMILES string of the molecule is O=C(c1ccco1)N1CCC2(C=Cc3ccccc32)CC1. The van der Waals surface area contributed by atoms with Crippen LogP contribution in [-0.4, -0.2) is 23.9 Å². The summed E-state index contributed by atoms with van der Waals surface area (Å²) in [6.07, 6.45) is 8.06. The average molecular weight is 279 g/mol. The van der Waals surface area contributed by atoms with E-state index in [1.165, 1.54) is 11.1 Å². The van der Waals surface area contributed by atoms with Crippen molar-refractivity contribution in [3.05, 3.63) is 65.6 Å². The molecule has 0 atom stereocenters. The summed E-state index contributed by atoms with van der Waals surface area (Å²) in [5.74, 6) is 0.443. The minimum Gasteiger partial charge on any atom is -0.459 e. The second-order valence-corrected chi connectivity index (χ2v) is 5.85. The molecule has 1 spiro atoms. The van der Waals surface area contributed by atoms with Gasteiger partial charge in [0.2, 0.25) is 0 Å². The van der Waals surface area contributed by atoms with Crippen molar-refractivity contribution >= 4 is 12.0 Å². The van der Waals surface area contributed by atoms with E-state index in [1.54, 1.807) is 18.4 Å². The number of carbonyl (C=O) groups is 1. The molecule has 2 aliphatic rings. The van der Waals surface area contributed by atoms with Gasteiger partial charge in [-0.1, -0.05) is 36.4 Å². The van der Waals surface area contributed by atoms with E-state index in [2.05, 4.69) is 36.4 Å². The Bertz CT molecular complexity index is 692. The summed E-state index contributed by atoms with van der Waals surface area (Å²) in [4.78, 5) is 14.2. The lowest BCUT2D eigenvalue weighted by Gasteiger charge is -2.39. The molecule has 4 rings (SSSR count). The number of piperidine rings is 1. The third kappa shape index (κ3) is 1.92. The normalized spacial score (nSPS) is 19.0. The number of amides is 1. The van der Waals surface area contributed by atoms with E-state index in [0.717, 1.165) is 25.9 Å². The van der Waals surface area contributed by atoms with E-state index >= 15 is 0 Å². The molecule has 1 aliphatic carbocycles. The number of nitrogens with zero attached hydrogens (tertiary/aromatic N) is 1. The van der Waals surface area contributed by atoms with Crippen LogP contribution in [0.1, 0.15) is 34.5 Å². The van der Waals surface area contributed by atoms with Crippen LogP contribution in [0.5, 0.6) is 0 Å². The van der Waals surface area contributed by atoms with Gasteiger partial charge in [-0.15, -0.1) is 0 Å². The number of benzene rings is 1. The molecule has 3 heteroatoms. The standard InChI is InChI=1S/C18H17NO2/c20-17(16-6-3-13-21-16)19-11-9-18(10-12-19)8-7-14-4-1-2-5-15(14)18/h1-8,13H,9-12H2. The Kier molecular flexibility index (Phi) is 2.74. The van der Waals surface area contributed by atoms with Gasteiger partial charge in [0, 0.05) is 18.5 Å². The van der Waals surface area contributed by atoms with Gasteiger partial charge in [0.05, 0.1) is 6.26 Å².